The molecule has 0 radical (unpaired) electrons. The molecule has 0 spiro atoms. The van der Waals surface area contributed by atoms with Crippen LogP contribution < -0.4 is 5.32 Å². The molecule has 1 aromatic heterocycles. The van der Waals surface area contributed by atoms with E-state index < -0.39 is 35.7 Å². The van der Waals surface area contributed by atoms with Crippen molar-refractivity contribution in [2.75, 3.05) is 11.9 Å². The largest absolute Gasteiger partial charge is 0.452 e. The Kier molecular flexibility index (Phi) is 4.27. The van der Waals surface area contributed by atoms with Crippen LogP contribution in [0.3, 0.4) is 0 Å². The van der Waals surface area contributed by atoms with Gasteiger partial charge in [-0.1, -0.05) is 11.2 Å². The number of carbonyl (C=O) groups excluding carboxylic acids is 2. The molecule has 8 heteroatoms. The molecule has 2 aromatic rings. The van der Waals surface area contributed by atoms with Crippen molar-refractivity contribution in [3.05, 3.63) is 47.2 Å². The molecule has 0 aliphatic heterocycles. The van der Waals surface area contributed by atoms with Gasteiger partial charge in [-0.15, -0.1) is 0 Å². The third-order valence-electron chi connectivity index (χ3n) is 2.39. The van der Waals surface area contributed by atoms with Crippen LogP contribution in [0.15, 0.2) is 28.8 Å². The van der Waals surface area contributed by atoms with E-state index in [1.54, 1.807) is 6.92 Å². The SMILES string of the molecule is Cc1cc(NC(=O)COC(=O)c2c(F)cccc2F)on1. The van der Waals surface area contributed by atoms with E-state index in [2.05, 4.69) is 15.2 Å². The molecule has 1 N–H and O–H groups in total. The average Bonchev–Trinajstić information content (AvgIpc) is 2.81. The lowest BCUT2D eigenvalue weighted by Crippen LogP contribution is -2.21. The van der Waals surface area contributed by atoms with Crippen LogP contribution in [0.25, 0.3) is 0 Å². The maximum absolute atomic E-state index is 13.3. The average molecular weight is 296 g/mol. The maximum atomic E-state index is 13.3. The summed E-state index contributed by atoms with van der Waals surface area (Å²) in [5.41, 5.74) is -0.295. The molecule has 2 rings (SSSR count). The maximum Gasteiger partial charge on any atom is 0.344 e. The lowest BCUT2D eigenvalue weighted by Gasteiger charge is -2.06. The molecular formula is C13H10F2N2O4. The number of rotatable bonds is 4. The molecule has 110 valence electrons. The van der Waals surface area contributed by atoms with Crippen molar-refractivity contribution in [3.8, 4) is 0 Å². The summed E-state index contributed by atoms with van der Waals surface area (Å²) in [6.45, 7) is 0.937. The molecule has 0 unspecified atom stereocenters. The van der Waals surface area contributed by atoms with Crippen LogP contribution in [0, 0.1) is 18.6 Å². The quantitative estimate of drug-likeness (QED) is 0.873. The zero-order valence-electron chi connectivity index (χ0n) is 10.9. The van der Waals surface area contributed by atoms with Gasteiger partial charge >= 0.3 is 5.97 Å². The topological polar surface area (TPSA) is 81.4 Å². The Bertz CT molecular complexity index is 664. The first kappa shape index (κ1) is 14.6. The molecule has 0 aliphatic carbocycles. The zero-order chi connectivity index (χ0) is 15.4. The number of aromatic nitrogens is 1. The number of anilines is 1. The van der Waals surface area contributed by atoms with E-state index in [1.807, 2.05) is 0 Å². The molecule has 0 saturated carbocycles. The first-order valence-corrected chi connectivity index (χ1v) is 5.81. The molecule has 0 atom stereocenters. The number of amides is 1. The van der Waals surface area contributed by atoms with Crippen LogP contribution in [0.2, 0.25) is 0 Å². The first-order valence-electron chi connectivity index (χ1n) is 5.81. The van der Waals surface area contributed by atoms with Gasteiger partial charge in [-0.25, -0.2) is 13.6 Å². The fourth-order valence-corrected chi connectivity index (χ4v) is 1.49. The van der Waals surface area contributed by atoms with Crippen LogP contribution in [-0.4, -0.2) is 23.6 Å². The number of hydrogen-bond acceptors (Lipinski definition) is 5. The highest BCUT2D eigenvalue weighted by Crippen LogP contribution is 2.13. The summed E-state index contributed by atoms with van der Waals surface area (Å²) >= 11 is 0. The lowest BCUT2D eigenvalue weighted by molar-refractivity contribution is -0.119. The minimum absolute atomic E-state index is 0.0746. The summed E-state index contributed by atoms with van der Waals surface area (Å²) in [5.74, 6) is -4.05. The molecule has 1 amide bonds. The van der Waals surface area contributed by atoms with Crippen molar-refractivity contribution in [1.29, 1.82) is 0 Å². The Morgan fingerprint density at radius 3 is 2.57 bits per heavy atom. The van der Waals surface area contributed by atoms with E-state index in [9.17, 15) is 18.4 Å². The van der Waals surface area contributed by atoms with Crippen molar-refractivity contribution >= 4 is 17.8 Å². The van der Waals surface area contributed by atoms with E-state index in [4.69, 9.17) is 4.52 Å². The minimum atomic E-state index is -1.27. The van der Waals surface area contributed by atoms with Crippen molar-refractivity contribution in [1.82, 2.24) is 5.16 Å². The van der Waals surface area contributed by atoms with E-state index in [1.165, 1.54) is 6.07 Å². The third-order valence-corrected chi connectivity index (χ3v) is 2.39. The van der Waals surface area contributed by atoms with Crippen molar-refractivity contribution in [2.24, 2.45) is 0 Å². The van der Waals surface area contributed by atoms with Gasteiger partial charge in [0.2, 0.25) is 5.88 Å². The standard InChI is InChI=1S/C13H10F2N2O4/c1-7-5-11(21-17-7)16-10(18)6-20-13(19)12-8(14)3-2-4-9(12)15/h2-5H,6H2,1H3,(H,16,18). The van der Waals surface area contributed by atoms with Gasteiger partial charge in [-0.05, 0) is 19.1 Å². The Morgan fingerprint density at radius 2 is 2.00 bits per heavy atom. The number of nitrogens with one attached hydrogen (secondary N) is 1. The molecule has 0 saturated heterocycles. The molecule has 0 aliphatic rings. The van der Waals surface area contributed by atoms with E-state index in [-0.39, 0.29) is 5.88 Å². The fraction of sp³-hybridized carbons (Fsp3) is 0.154. The molecule has 1 heterocycles. The van der Waals surface area contributed by atoms with E-state index in [0.29, 0.717) is 5.69 Å². The molecule has 6 nitrogen and oxygen atoms in total. The molecule has 21 heavy (non-hydrogen) atoms. The summed E-state index contributed by atoms with van der Waals surface area (Å²) in [4.78, 5) is 23.0. The summed E-state index contributed by atoms with van der Waals surface area (Å²) in [7, 11) is 0. The predicted octanol–water partition coefficient (Wildman–Crippen LogP) is 2.06. The lowest BCUT2D eigenvalue weighted by atomic mass is 10.2. The minimum Gasteiger partial charge on any atom is -0.452 e. The Labute approximate surface area is 117 Å². The number of carbonyl (C=O) groups is 2. The van der Waals surface area contributed by atoms with Crippen LogP contribution in [-0.2, 0) is 9.53 Å². The first-order chi connectivity index (χ1) is 9.97. The second kappa shape index (κ2) is 6.12. The van der Waals surface area contributed by atoms with Crippen molar-refractivity contribution in [2.45, 2.75) is 6.92 Å². The van der Waals surface area contributed by atoms with E-state index >= 15 is 0 Å². The second-order valence-electron chi connectivity index (χ2n) is 4.05. The van der Waals surface area contributed by atoms with Gasteiger partial charge in [-0.3, -0.25) is 10.1 Å². The van der Waals surface area contributed by atoms with Gasteiger partial charge in [-0.2, -0.15) is 0 Å². The number of aryl methyl sites for hydroxylation is 1. The number of nitrogens with zero attached hydrogens (tertiary/aromatic N) is 1. The summed E-state index contributed by atoms with van der Waals surface area (Å²) in [5, 5.41) is 5.81. The molecule has 0 bridgehead atoms. The van der Waals surface area contributed by atoms with E-state index in [0.717, 1.165) is 18.2 Å². The normalized spacial score (nSPS) is 10.2. The van der Waals surface area contributed by atoms with Gasteiger partial charge in [0.1, 0.15) is 17.2 Å². The number of ether oxygens (including phenoxy) is 1. The zero-order valence-corrected chi connectivity index (χ0v) is 10.9. The highest BCUT2D eigenvalue weighted by atomic mass is 19.1. The Balaban J connectivity index is 1.93. The smallest absolute Gasteiger partial charge is 0.344 e. The highest BCUT2D eigenvalue weighted by molar-refractivity contribution is 5.95. The Morgan fingerprint density at radius 1 is 1.33 bits per heavy atom. The number of hydrogen-bond donors (Lipinski definition) is 1. The highest BCUT2D eigenvalue weighted by Gasteiger charge is 2.19. The van der Waals surface area contributed by atoms with Crippen LogP contribution in [0.5, 0.6) is 0 Å². The van der Waals surface area contributed by atoms with Crippen molar-refractivity contribution < 1.29 is 27.6 Å². The number of halogens is 2. The number of esters is 1. The summed E-state index contributed by atoms with van der Waals surface area (Å²) in [6.07, 6.45) is 0. The monoisotopic (exact) mass is 296 g/mol. The molecule has 0 fully saturated rings. The van der Waals surface area contributed by atoms with Gasteiger partial charge < -0.3 is 9.26 Å². The number of benzene rings is 1. The molecular weight excluding hydrogens is 286 g/mol. The summed E-state index contributed by atoms with van der Waals surface area (Å²) in [6, 6.07) is 4.39. The van der Waals surface area contributed by atoms with Gasteiger partial charge in [0.25, 0.3) is 5.91 Å². The predicted molar refractivity (Wildman–Crippen MR) is 66.5 cm³/mol. The third kappa shape index (κ3) is 3.62. The van der Waals surface area contributed by atoms with Crippen molar-refractivity contribution in [3.63, 3.8) is 0 Å². The van der Waals surface area contributed by atoms with Crippen LogP contribution in [0.1, 0.15) is 16.1 Å². The van der Waals surface area contributed by atoms with Gasteiger partial charge in [0, 0.05) is 6.07 Å². The summed E-state index contributed by atoms with van der Waals surface area (Å²) < 4.78 is 35.9. The fourth-order valence-electron chi connectivity index (χ4n) is 1.49. The van der Waals surface area contributed by atoms with Gasteiger partial charge in [0.05, 0.1) is 5.69 Å². The van der Waals surface area contributed by atoms with Gasteiger partial charge in [0.15, 0.2) is 6.61 Å². The Hall–Kier alpha value is -2.77. The van der Waals surface area contributed by atoms with Crippen LogP contribution >= 0.6 is 0 Å². The molecule has 1 aromatic carbocycles. The van der Waals surface area contributed by atoms with Crippen LogP contribution in [0.4, 0.5) is 14.7 Å². The second-order valence-corrected chi connectivity index (χ2v) is 4.05.